The molecule has 0 spiro atoms. The summed E-state index contributed by atoms with van der Waals surface area (Å²) in [5.41, 5.74) is -0.827. The number of hydrogen-bond donors (Lipinski definition) is 3. The van der Waals surface area contributed by atoms with Crippen molar-refractivity contribution in [3.63, 3.8) is 0 Å². The van der Waals surface area contributed by atoms with E-state index in [2.05, 4.69) is 17.6 Å². The standard InChI is InChI=1S/C25H38ClN3O3/c1-16(2)21(28-23(31)27-20-11-6-17(3)14-20)22(30)29-13-12-25(32,24(4,5)15-29)18-7-9-19(26)10-8-18/h7-10,16-17,20-21,32H,6,11-15H2,1-5H3,(H2,27,28,31)/t17?,20?,21-,25+/m1/s1. The third-order valence-corrected chi connectivity index (χ3v) is 7.58. The van der Waals surface area contributed by atoms with E-state index in [1.807, 2.05) is 39.8 Å². The van der Waals surface area contributed by atoms with Crippen molar-refractivity contribution in [2.24, 2.45) is 17.3 Å². The van der Waals surface area contributed by atoms with Crippen molar-refractivity contribution in [3.8, 4) is 0 Å². The molecule has 6 nitrogen and oxygen atoms in total. The second-order valence-corrected chi connectivity index (χ2v) is 11.2. The smallest absolute Gasteiger partial charge is 0.315 e. The Morgan fingerprint density at radius 2 is 1.84 bits per heavy atom. The zero-order valence-electron chi connectivity index (χ0n) is 20.0. The molecule has 2 unspecified atom stereocenters. The van der Waals surface area contributed by atoms with Crippen molar-refractivity contribution >= 4 is 23.5 Å². The third-order valence-electron chi connectivity index (χ3n) is 7.33. The number of rotatable bonds is 5. The molecule has 0 radical (unpaired) electrons. The van der Waals surface area contributed by atoms with Crippen LogP contribution in [-0.2, 0) is 10.4 Å². The average Bonchev–Trinajstić information content (AvgIpc) is 3.12. The number of amides is 3. The molecule has 1 aliphatic carbocycles. The van der Waals surface area contributed by atoms with Crippen LogP contribution in [-0.4, -0.2) is 47.1 Å². The molecule has 32 heavy (non-hydrogen) atoms. The molecule has 1 aromatic rings. The molecule has 0 aromatic heterocycles. The van der Waals surface area contributed by atoms with Crippen LogP contribution >= 0.6 is 11.6 Å². The molecule has 1 heterocycles. The van der Waals surface area contributed by atoms with Gasteiger partial charge in [0.15, 0.2) is 0 Å². The Balaban J connectivity index is 1.67. The summed E-state index contributed by atoms with van der Waals surface area (Å²) in [7, 11) is 0. The molecule has 2 fully saturated rings. The Labute approximate surface area is 197 Å². The van der Waals surface area contributed by atoms with Gasteiger partial charge in [-0.1, -0.05) is 58.4 Å². The highest BCUT2D eigenvalue weighted by atomic mass is 35.5. The van der Waals surface area contributed by atoms with Crippen LogP contribution in [0.5, 0.6) is 0 Å². The quantitative estimate of drug-likeness (QED) is 0.608. The number of hydrogen-bond acceptors (Lipinski definition) is 3. The van der Waals surface area contributed by atoms with E-state index in [4.69, 9.17) is 11.6 Å². The second kappa shape index (κ2) is 9.60. The van der Waals surface area contributed by atoms with E-state index in [1.54, 1.807) is 17.0 Å². The van der Waals surface area contributed by atoms with Crippen molar-refractivity contribution < 1.29 is 14.7 Å². The summed E-state index contributed by atoms with van der Waals surface area (Å²) in [6, 6.07) is 6.57. The first-order valence-corrected chi connectivity index (χ1v) is 12.1. The normalized spacial score (nSPS) is 28.4. The van der Waals surface area contributed by atoms with Crippen molar-refractivity contribution in [2.75, 3.05) is 13.1 Å². The summed E-state index contributed by atoms with van der Waals surface area (Å²) in [6.45, 7) is 10.9. The lowest BCUT2D eigenvalue weighted by atomic mass is 9.66. The van der Waals surface area contributed by atoms with Crippen molar-refractivity contribution in [1.29, 1.82) is 0 Å². The summed E-state index contributed by atoms with van der Waals surface area (Å²) >= 11 is 6.02. The van der Waals surface area contributed by atoms with Crippen LogP contribution in [0.1, 0.15) is 65.9 Å². The van der Waals surface area contributed by atoms with Crippen LogP contribution in [0.2, 0.25) is 5.02 Å². The van der Waals surface area contributed by atoms with Gasteiger partial charge in [0.25, 0.3) is 0 Å². The lowest BCUT2D eigenvalue weighted by Crippen LogP contribution is -2.61. The fourth-order valence-electron chi connectivity index (χ4n) is 5.19. The van der Waals surface area contributed by atoms with E-state index in [-0.39, 0.29) is 23.9 Å². The average molecular weight is 464 g/mol. The predicted octanol–water partition coefficient (Wildman–Crippen LogP) is 4.30. The SMILES string of the molecule is CC1CCC(NC(=O)N[C@@H](C(=O)N2CC[C@](O)(c3ccc(Cl)cc3)C(C)(C)C2)C(C)C)C1. The zero-order chi connectivity index (χ0) is 23.7. The number of nitrogens with zero attached hydrogens (tertiary/aromatic N) is 1. The van der Waals surface area contributed by atoms with Crippen molar-refractivity contribution in [3.05, 3.63) is 34.9 Å². The fraction of sp³-hybridized carbons (Fsp3) is 0.680. The van der Waals surface area contributed by atoms with Gasteiger partial charge in [0.1, 0.15) is 6.04 Å². The first-order valence-electron chi connectivity index (χ1n) is 11.8. The van der Waals surface area contributed by atoms with Crippen LogP contribution < -0.4 is 10.6 Å². The number of halogens is 1. The molecule has 1 aliphatic heterocycles. The topological polar surface area (TPSA) is 81.7 Å². The molecule has 4 atom stereocenters. The molecule has 1 saturated carbocycles. The Bertz CT molecular complexity index is 826. The molecule has 178 valence electrons. The van der Waals surface area contributed by atoms with Gasteiger partial charge < -0.3 is 20.6 Å². The molecular formula is C25H38ClN3O3. The van der Waals surface area contributed by atoms with E-state index in [0.29, 0.717) is 30.5 Å². The van der Waals surface area contributed by atoms with E-state index < -0.39 is 17.1 Å². The number of likely N-dealkylation sites (tertiary alicyclic amines) is 1. The Morgan fingerprint density at radius 3 is 2.38 bits per heavy atom. The monoisotopic (exact) mass is 463 g/mol. The largest absolute Gasteiger partial charge is 0.384 e. The maximum Gasteiger partial charge on any atom is 0.315 e. The molecule has 7 heteroatoms. The number of benzene rings is 1. The summed E-state index contributed by atoms with van der Waals surface area (Å²) in [6.07, 6.45) is 3.51. The van der Waals surface area contributed by atoms with Crippen molar-refractivity contribution in [2.45, 2.75) is 78.0 Å². The van der Waals surface area contributed by atoms with E-state index in [0.717, 1.165) is 24.8 Å². The minimum Gasteiger partial charge on any atom is -0.384 e. The molecule has 0 bridgehead atoms. The number of carbonyl (C=O) groups is 2. The lowest BCUT2D eigenvalue weighted by molar-refractivity contribution is -0.155. The van der Waals surface area contributed by atoms with Gasteiger partial charge in [0.05, 0.1) is 5.60 Å². The molecule has 2 aliphatic rings. The van der Waals surface area contributed by atoms with Crippen LogP contribution in [0.25, 0.3) is 0 Å². The van der Waals surface area contributed by atoms with Gasteiger partial charge >= 0.3 is 6.03 Å². The maximum atomic E-state index is 13.4. The zero-order valence-corrected chi connectivity index (χ0v) is 20.7. The van der Waals surface area contributed by atoms with Crippen LogP contribution in [0, 0.1) is 17.3 Å². The first-order chi connectivity index (χ1) is 14.9. The summed E-state index contributed by atoms with van der Waals surface area (Å²) in [4.78, 5) is 27.8. The number of urea groups is 1. The Kier molecular flexibility index (Phi) is 7.45. The number of aliphatic hydroxyl groups is 1. The third kappa shape index (κ3) is 5.23. The highest BCUT2D eigenvalue weighted by Crippen LogP contribution is 2.46. The first kappa shape index (κ1) is 24.8. The Morgan fingerprint density at radius 1 is 1.19 bits per heavy atom. The van der Waals surface area contributed by atoms with Gasteiger partial charge in [-0.2, -0.15) is 0 Å². The minimum atomic E-state index is -1.06. The highest BCUT2D eigenvalue weighted by Gasteiger charge is 2.50. The molecule has 3 rings (SSSR count). The lowest BCUT2D eigenvalue weighted by Gasteiger charge is -2.51. The molecule has 1 saturated heterocycles. The van der Waals surface area contributed by atoms with E-state index in [1.165, 1.54) is 0 Å². The number of carbonyl (C=O) groups excluding carboxylic acids is 2. The number of nitrogens with one attached hydrogen (secondary N) is 2. The number of piperidine rings is 1. The van der Waals surface area contributed by atoms with Gasteiger partial charge in [-0.05, 0) is 55.2 Å². The fourth-order valence-corrected chi connectivity index (χ4v) is 5.31. The maximum absolute atomic E-state index is 13.4. The predicted molar refractivity (Wildman–Crippen MR) is 127 cm³/mol. The summed E-state index contributed by atoms with van der Waals surface area (Å²) in [5, 5.41) is 18.2. The van der Waals surface area contributed by atoms with Gasteiger partial charge in [0.2, 0.25) is 5.91 Å². The van der Waals surface area contributed by atoms with Gasteiger partial charge in [-0.15, -0.1) is 0 Å². The van der Waals surface area contributed by atoms with Gasteiger partial charge in [-0.25, -0.2) is 4.79 Å². The highest BCUT2D eigenvalue weighted by molar-refractivity contribution is 6.30. The van der Waals surface area contributed by atoms with Crippen LogP contribution in [0.4, 0.5) is 4.79 Å². The van der Waals surface area contributed by atoms with Gasteiger partial charge in [-0.3, -0.25) is 4.79 Å². The van der Waals surface area contributed by atoms with Crippen LogP contribution in [0.15, 0.2) is 24.3 Å². The van der Waals surface area contributed by atoms with Gasteiger partial charge in [0, 0.05) is 29.6 Å². The molecule has 1 aromatic carbocycles. The second-order valence-electron chi connectivity index (χ2n) is 10.7. The van der Waals surface area contributed by atoms with Crippen molar-refractivity contribution in [1.82, 2.24) is 15.5 Å². The van der Waals surface area contributed by atoms with E-state index in [9.17, 15) is 14.7 Å². The Hall–Kier alpha value is -1.79. The minimum absolute atomic E-state index is 0.0454. The summed E-state index contributed by atoms with van der Waals surface area (Å²) < 4.78 is 0. The van der Waals surface area contributed by atoms with E-state index >= 15 is 0 Å². The van der Waals surface area contributed by atoms with Crippen LogP contribution in [0.3, 0.4) is 0 Å². The molecule has 3 amide bonds. The summed E-state index contributed by atoms with van der Waals surface area (Å²) in [5.74, 6) is 0.481. The molecular weight excluding hydrogens is 426 g/mol. The molecule has 3 N–H and O–H groups in total.